The summed E-state index contributed by atoms with van der Waals surface area (Å²) in [5.41, 5.74) is -0.344. The second kappa shape index (κ2) is 9.84. The van der Waals surface area contributed by atoms with Gasteiger partial charge in [0.05, 0.1) is 5.54 Å². The second-order valence-electron chi connectivity index (χ2n) is 4.87. The Hall–Kier alpha value is -0.0300. The van der Waals surface area contributed by atoms with E-state index in [1.165, 1.54) is 6.42 Å². The average molecular weight is 300 g/mol. The zero-order chi connectivity index (χ0) is 12.0. The third-order valence-corrected chi connectivity index (χ3v) is 3.44. The standard InChI is InChI=1S/C12H25N3O.2ClH/c1-4-15(3)10-9-13-11(16)12(2)7-5-6-8-14-12;;/h14H,4-10H2,1-3H3,(H,13,16);2*1H. The molecule has 1 saturated heterocycles. The molecule has 1 aliphatic rings. The highest BCUT2D eigenvalue weighted by atomic mass is 35.5. The molecule has 1 atom stereocenters. The lowest BCUT2D eigenvalue weighted by molar-refractivity contribution is -0.127. The van der Waals surface area contributed by atoms with Crippen LogP contribution in [0.1, 0.15) is 33.1 Å². The van der Waals surface area contributed by atoms with Gasteiger partial charge in [0, 0.05) is 13.1 Å². The molecule has 0 spiro atoms. The van der Waals surface area contributed by atoms with E-state index in [1.54, 1.807) is 0 Å². The van der Waals surface area contributed by atoms with Crippen LogP contribution >= 0.6 is 24.8 Å². The highest BCUT2D eigenvalue weighted by molar-refractivity contribution is 5.86. The Morgan fingerprint density at radius 2 is 2.06 bits per heavy atom. The lowest BCUT2D eigenvalue weighted by Gasteiger charge is -2.33. The molecule has 1 amide bonds. The van der Waals surface area contributed by atoms with Gasteiger partial charge in [-0.2, -0.15) is 0 Å². The summed E-state index contributed by atoms with van der Waals surface area (Å²) in [6, 6.07) is 0. The third-order valence-electron chi connectivity index (χ3n) is 3.44. The van der Waals surface area contributed by atoms with E-state index in [9.17, 15) is 4.79 Å². The number of hydrogen-bond acceptors (Lipinski definition) is 3. The summed E-state index contributed by atoms with van der Waals surface area (Å²) in [4.78, 5) is 14.2. The summed E-state index contributed by atoms with van der Waals surface area (Å²) in [6.07, 6.45) is 3.27. The van der Waals surface area contributed by atoms with Gasteiger partial charge in [-0.05, 0) is 46.3 Å². The number of carbonyl (C=O) groups excluding carboxylic acids is 1. The topological polar surface area (TPSA) is 44.4 Å². The first-order valence-electron chi connectivity index (χ1n) is 6.30. The first kappa shape index (κ1) is 20.3. The van der Waals surface area contributed by atoms with Crippen molar-refractivity contribution >= 4 is 30.7 Å². The molecule has 0 aromatic rings. The predicted octanol–water partition coefficient (Wildman–Crippen LogP) is 1.43. The molecule has 110 valence electrons. The molecule has 0 bridgehead atoms. The first-order valence-corrected chi connectivity index (χ1v) is 6.30. The van der Waals surface area contributed by atoms with Gasteiger partial charge < -0.3 is 15.5 Å². The number of halogens is 2. The summed E-state index contributed by atoms with van der Waals surface area (Å²) in [7, 11) is 2.06. The maximum absolute atomic E-state index is 12.0. The zero-order valence-electron chi connectivity index (χ0n) is 11.6. The maximum Gasteiger partial charge on any atom is 0.240 e. The van der Waals surface area contributed by atoms with Crippen LogP contribution in [0.15, 0.2) is 0 Å². The molecule has 6 heteroatoms. The number of nitrogens with zero attached hydrogens (tertiary/aromatic N) is 1. The van der Waals surface area contributed by atoms with Crippen LogP contribution in [0.5, 0.6) is 0 Å². The molecule has 0 aromatic heterocycles. The van der Waals surface area contributed by atoms with Crippen LogP contribution in [0.4, 0.5) is 0 Å². The fraction of sp³-hybridized carbons (Fsp3) is 0.917. The average Bonchev–Trinajstić information content (AvgIpc) is 2.29. The van der Waals surface area contributed by atoms with Gasteiger partial charge in [0.25, 0.3) is 0 Å². The Bertz CT molecular complexity index is 233. The van der Waals surface area contributed by atoms with Crippen molar-refractivity contribution in [2.24, 2.45) is 0 Å². The van der Waals surface area contributed by atoms with Gasteiger partial charge in [-0.1, -0.05) is 6.92 Å². The maximum atomic E-state index is 12.0. The number of piperidine rings is 1. The van der Waals surface area contributed by atoms with Crippen molar-refractivity contribution in [3.05, 3.63) is 0 Å². The highest BCUT2D eigenvalue weighted by Gasteiger charge is 2.33. The van der Waals surface area contributed by atoms with Crippen LogP contribution in [-0.4, -0.2) is 49.6 Å². The van der Waals surface area contributed by atoms with Crippen LogP contribution in [0.25, 0.3) is 0 Å². The van der Waals surface area contributed by atoms with E-state index < -0.39 is 0 Å². The molecule has 4 nitrogen and oxygen atoms in total. The summed E-state index contributed by atoms with van der Waals surface area (Å²) < 4.78 is 0. The number of likely N-dealkylation sites (N-methyl/N-ethyl adjacent to an activating group) is 1. The fourth-order valence-electron chi connectivity index (χ4n) is 1.96. The van der Waals surface area contributed by atoms with Crippen LogP contribution in [0.2, 0.25) is 0 Å². The van der Waals surface area contributed by atoms with Gasteiger partial charge in [-0.3, -0.25) is 4.79 Å². The van der Waals surface area contributed by atoms with Crippen LogP contribution in [0.3, 0.4) is 0 Å². The Kier molecular flexibility index (Phi) is 11.1. The van der Waals surface area contributed by atoms with Crippen molar-refractivity contribution in [3.8, 4) is 0 Å². The predicted molar refractivity (Wildman–Crippen MR) is 80.9 cm³/mol. The Balaban J connectivity index is 0. The van der Waals surface area contributed by atoms with Crippen molar-refractivity contribution in [2.75, 3.05) is 33.2 Å². The highest BCUT2D eigenvalue weighted by Crippen LogP contribution is 2.18. The van der Waals surface area contributed by atoms with E-state index in [1.807, 2.05) is 6.92 Å². The largest absolute Gasteiger partial charge is 0.353 e. The second-order valence-corrected chi connectivity index (χ2v) is 4.87. The van der Waals surface area contributed by atoms with Crippen LogP contribution < -0.4 is 10.6 Å². The van der Waals surface area contributed by atoms with Gasteiger partial charge in [0.15, 0.2) is 0 Å². The number of rotatable bonds is 5. The quantitative estimate of drug-likeness (QED) is 0.807. The third kappa shape index (κ3) is 6.23. The molecular formula is C12H27Cl2N3O. The van der Waals surface area contributed by atoms with Crippen molar-refractivity contribution < 1.29 is 4.79 Å². The molecule has 0 saturated carbocycles. The zero-order valence-corrected chi connectivity index (χ0v) is 13.3. The molecule has 1 unspecified atom stereocenters. The summed E-state index contributed by atoms with van der Waals surface area (Å²) in [5, 5.41) is 6.34. The molecule has 2 N–H and O–H groups in total. The van der Waals surface area contributed by atoms with E-state index in [0.717, 1.165) is 39.0 Å². The first-order chi connectivity index (χ1) is 7.58. The lowest BCUT2D eigenvalue weighted by Crippen LogP contribution is -2.57. The molecule has 0 radical (unpaired) electrons. The minimum atomic E-state index is -0.344. The monoisotopic (exact) mass is 299 g/mol. The van der Waals surface area contributed by atoms with Crippen molar-refractivity contribution in [1.29, 1.82) is 0 Å². The minimum absolute atomic E-state index is 0. The summed E-state index contributed by atoms with van der Waals surface area (Å²) >= 11 is 0. The van der Waals surface area contributed by atoms with E-state index in [0.29, 0.717) is 0 Å². The summed E-state index contributed by atoms with van der Waals surface area (Å²) in [6.45, 7) is 7.75. The molecule has 1 rings (SSSR count). The SMILES string of the molecule is CCN(C)CCNC(=O)C1(C)CCCCN1.Cl.Cl. The van der Waals surface area contributed by atoms with Gasteiger partial charge in [-0.15, -0.1) is 24.8 Å². The molecular weight excluding hydrogens is 273 g/mol. The van der Waals surface area contributed by atoms with Crippen molar-refractivity contribution in [3.63, 3.8) is 0 Å². The van der Waals surface area contributed by atoms with Crippen molar-refractivity contribution in [2.45, 2.75) is 38.6 Å². The Morgan fingerprint density at radius 1 is 1.39 bits per heavy atom. The molecule has 1 fully saturated rings. The van der Waals surface area contributed by atoms with Gasteiger partial charge in [0.2, 0.25) is 5.91 Å². The van der Waals surface area contributed by atoms with Gasteiger partial charge in [-0.25, -0.2) is 0 Å². The molecule has 0 aromatic carbocycles. The number of carbonyl (C=O) groups is 1. The Labute approximate surface area is 123 Å². The normalized spacial score (nSPS) is 22.9. The molecule has 0 aliphatic carbocycles. The molecule has 1 aliphatic heterocycles. The fourth-order valence-corrected chi connectivity index (χ4v) is 1.96. The summed E-state index contributed by atoms with van der Waals surface area (Å²) in [5.74, 6) is 0.150. The van der Waals surface area contributed by atoms with E-state index in [2.05, 4.69) is 29.5 Å². The number of amides is 1. The number of hydrogen-bond donors (Lipinski definition) is 2. The number of nitrogens with one attached hydrogen (secondary N) is 2. The van der Waals surface area contributed by atoms with E-state index in [4.69, 9.17) is 0 Å². The lowest BCUT2D eigenvalue weighted by atomic mass is 9.90. The smallest absolute Gasteiger partial charge is 0.240 e. The molecule has 1 heterocycles. The van der Waals surface area contributed by atoms with Crippen molar-refractivity contribution in [1.82, 2.24) is 15.5 Å². The van der Waals surface area contributed by atoms with Gasteiger partial charge in [0.1, 0.15) is 0 Å². The van der Waals surface area contributed by atoms with E-state index >= 15 is 0 Å². The van der Waals surface area contributed by atoms with E-state index in [-0.39, 0.29) is 36.3 Å². The van der Waals surface area contributed by atoms with Gasteiger partial charge >= 0.3 is 0 Å². The van der Waals surface area contributed by atoms with Crippen LogP contribution in [0, 0.1) is 0 Å². The Morgan fingerprint density at radius 3 is 2.56 bits per heavy atom. The minimum Gasteiger partial charge on any atom is -0.353 e. The van der Waals surface area contributed by atoms with Crippen LogP contribution in [-0.2, 0) is 4.79 Å². The molecule has 18 heavy (non-hydrogen) atoms.